The van der Waals surface area contributed by atoms with Crippen molar-refractivity contribution < 1.29 is 19.0 Å². The molecule has 3 aromatic rings. The smallest absolute Gasteiger partial charge is 0.216 e. The summed E-state index contributed by atoms with van der Waals surface area (Å²) in [5, 5.41) is 16.8. The van der Waals surface area contributed by atoms with Crippen molar-refractivity contribution in [3.8, 4) is 17.2 Å². The summed E-state index contributed by atoms with van der Waals surface area (Å²) in [5.41, 5.74) is 2.72. The predicted molar refractivity (Wildman–Crippen MR) is 107 cm³/mol. The van der Waals surface area contributed by atoms with Gasteiger partial charge in [0.25, 0.3) is 0 Å². The number of nitrogens with zero attached hydrogens (tertiary/aromatic N) is 2. The predicted octanol–water partition coefficient (Wildman–Crippen LogP) is 4.78. The number of aromatic hydroxyl groups is 1. The Hall–Kier alpha value is -3.54. The van der Waals surface area contributed by atoms with Gasteiger partial charge < -0.3 is 14.6 Å². The van der Waals surface area contributed by atoms with E-state index in [1.54, 1.807) is 42.5 Å². The van der Waals surface area contributed by atoms with Crippen LogP contribution in [0.15, 0.2) is 71.8 Å². The van der Waals surface area contributed by atoms with E-state index in [1.807, 2.05) is 30.3 Å². The molecule has 0 aliphatic carbocycles. The molecule has 5 nitrogen and oxygen atoms in total. The number of halogens is 1. The fourth-order valence-corrected chi connectivity index (χ4v) is 4.01. The first-order valence-corrected chi connectivity index (χ1v) is 9.39. The molecular formula is C23H19FN2O3. The third-order valence-corrected chi connectivity index (χ3v) is 5.39. The first-order chi connectivity index (χ1) is 14.2. The van der Waals surface area contributed by atoms with Crippen molar-refractivity contribution in [2.75, 3.05) is 7.11 Å². The maximum absolute atomic E-state index is 14.6. The molecule has 3 aromatic carbocycles. The Labute approximate surface area is 167 Å². The first-order valence-electron chi connectivity index (χ1n) is 9.39. The second-order valence-corrected chi connectivity index (χ2v) is 7.03. The average molecular weight is 390 g/mol. The van der Waals surface area contributed by atoms with Gasteiger partial charge in [-0.25, -0.2) is 9.40 Å². The molecule has 0 spiro atoms. The van der Waals surface area contributed by atoms with E-state index < -0.39 is 6.23 Å². The molecule has 5 rings (SSSR count). The van der Waals surface area contributed by atoms with Crippen LogP contribution < -0.4 is 9.47 Å². The van der Waals surface area contributed by atoms with Crippen molar-refractivity contribution in [1.29, 1.82) is 0 Å². The number of rotatable bonds is 3. The maximum atomic E-state index is 14.6. The highest BCUT2D eigenvalue weighted by Crippen LogP contribution is 2.51. The van der Waals surface area contributed by atoms with Gasteiger partial charge in [-0.3, -0.25) is 0 Å². The topological polar surface area (TPSA) is 54.3 Å². The van der Waals surface area contributed by atoms with Crippen LogP contribution in [-0.4, -0.2) is 22.9 Å². The van der Waals surface area contributed by atoms with Crippen LogP contribution in [0.5, 0.6) is 17.2 Å². The zero-order chi connectivity index (χ0) is 20.0. The molecule has 2 aliphatic heterocycles. The monoisotopic (exact) mass is 390 g/mol. The van der Waals surface area contributed by atoms with Crippen molar-refractivity contribution >= 4 is 5.71 Å². The van der Waals surface area contributed by atoms with Gasteiger partial charge in [-0.05, 0) is 24.3 Å². The van der Waals surface area contributed by atoms with Gasteiger partial charge in [0.05, 0.1) is 24.4 Å². The standard InChI is InChI=1S/C23H19FN2O3/c1-28-21-12-6-9-16-19-13-18(15-8-3-5-11-20(15)27)25-26(19)23(29-22(16)21)14-7-2-4-10-17(14)24/h2-12,19,23,27H,13H2,1H3/t19-,23+/m1/s1. The lowest BCUT2D eigenvalue weighted by atomic mass is 9.95. The van der Waals surface area contributed by atoms with Crippen LogP contribution in [0, 0.1) is 5.82 Å². The molecule has 29 heavy (non-hydrogen) atoms. The number of phenols is 1. The van der Waals surface area contributed by atoms with E-state index in [0.29, 0.717) is 29.0 Å². The van der Waals surface area contributed by atoms with Crippen molar-refractivity contribution in [3.63, 3.8) is 0 Å². The maximum Gasteiger partial charge on any atom is 0.216 e. The summed E-state index contributed by atoms with van der Waals surface area (Å²) in [6, 6.07) is 19.2. The molecule has 0 saturated carbocycles. The highest BCUT2D eigenvalue weighted by molar-refractivity contribution is 6.04. The Kier molecular flexibility index (Phi) is 4.12. The quantitative estimate of drug-likeness (QED) is 0.699. The van der Waals surface area contributed by atoms with E-state index in [9.17, 15) is 9.50 Å². The molecule has 0 amide bonds. The minimum atomic E-state index is -0.742. The van der Waals surface area contributed by atoms with E-state index in [2.05, 4.69) is 0 Å². The summed E-state index contributed by atoms with van der Waals surface area (Å²) in [6.07, 6.45) is -0.181. The third-order valence-electron chi connectivity index (χ3n) is 5.39. The number of phenolic OH excluding ortho intramolecular Hbond substituents is 1. The van der Waals surface area contributed by atoms with E-state index >= 15 is 0 Å². The number of methoxy groups -OCH3 is 1. The number of fused-ring (bicyclic) bond motifs is 3. The summed E-state index contributed by atoms with van der Waals surface area (Å²) < 4.78 is 26.4. The van der Waals surface area contributed by atoms with E-state index in [0.717, 1.165) is 11.3 Å². The van der Waals surface area contributed by atoms with Crippen LogP contribution in [0.25, 0.3) is 0 Å². The number of hydrazone groups is 1. The molecule has 146 valence electrons. The number of para-hydroxylation sites is 2. The van der Waals surface area contributed by atoms with Gasteiger partial charge in [0.15, 0.2) is 11.5 Å². The van der Waals surface area contributed by atoms with Crippen LogP contribution in [0.3, 0.4) is 0 Å². The third kappa shape index (κ3) is 2.79. The van der Waals surface area contributed by atoms with Crippen LogP contribution in [0.1, 0.15) is 35.4 Å². The molecular weight excluding hydrogens is 371 g/mol. The van der Waals surface area contributed by atoms with Crippen LogP contribution in [0.4, 0.5) is 4.39 Å². The number of ether oxygens (including phenoxy) is 2. The largest absolute Gasteiger partial charge is 0.507 e. The molecule has 6 heteroatoms. The van der Waals surface area contributed by atoms with Gasteiger partial charge in [-0.1, -0.05) is 42.5 Å². The lowest BCUT2D eigenvalue weighted by Gasteiger charge is -2.38. The average Bonchev–Trinajstić information content (AvgIpc) is 3.19. The van der Waals surface area contributed by atoms with Crippen molar-refractivity contribution in [2.45, 2.75) is 18.7 Å². The summed E-state index contributed by atoms with van der Waals surface area (Å²) in [5.74, 6) is 0.999. The number of hydrogen-bond acceptors (Lipinski definition) is 5. The molecule has 1 N–H and O–H groups in total. The first kappa shape index (κ1) is 17.6. The van der Waals surface area contributed by atoms with Gasteiger partial charge in [-0.2, -0.15) is 5.10 Å². The Morgan fingerprint density at radius 3 is 2.59 bits per heavy atom. The Morgan fingerprint density at radius 2 is 1.79 bits per heavy atom. The molecule has 2 aliphatic rings. The molecule has 2 heterocycles. The lowest BCUT2D eigenvalue weighted by molar-refractivity contribution is -0.0230. The Balaban J connectivity index is 1.66. The number of hydrogen-bond donors (Lipinski definition) is 1. The molecule has 0 unspecified atom stereocenters. The lowest BCUT2D eigenvalue weighted by Crippen LogP contribution is -2.34. The molecule has 0 bridgehead atoms. The van der Waals surface area contributed by atoms with Gasteiger partial charge in [-0.15, -0.1) is 0 Å². The summed E-state index contributed by atoms with van der Waals surface area (Å²) in [6.45, 7) is 0. The molecule has 0 saturated heterocycles. The van der Waals surface area contributed by atoms with Crippen molar-refractivity contribution in [3.05, 3.63) is 89.2 Å². The van der Waals surface area contributed by atoms with E-state index in [1.165, 1.54) is 6.07 Å². The molecule has 0 fully saturated rings. The normalized spacial score (nSPS) is 19.8. The fraction of sp³-hybridized carbons (Fsp3) is 0.174. The second kappa shape index (κ2) is 6.81. The molecule has 0 radical (unpaired) electrons. The molecule has 2 atom stereocenters. The van der Waals surface area contributed by atoms with E-state index in [-0.39, 0.29) is 17.6 Å². The van der Waals surface area contributed by atoms with Crippen molar-refractivity contribution in [1.82, 2.24) is 5.01 Å². The highest BCUT2D eigenvalue weighted by atomic mass is 19.1. The minimum Gasteiger partial charge on any atom is -0.507 e. The Bertz CT molecular complexity index is 1110. The number of benzene rings is 3. The summed E-state index contributed by atoms with van der Waals surface area (Å²) in [4.78, 5) is 0. The zero-order valence-corrected chi connectivity index (χ0v) is 15.7. The van der Waals surface area contributed by atoms with Gasteiger partial charge in [0.2, 0.25) is 6.23 Å². The fourth-order valence-electron chi connectivity index (χ4n) is 4.01. The Morgan fingerprint density at radius 1 is 1.03 bits per heavy atom. The molecule has 0 aromatic heterocycles. The van der Waals surface area contributed by atoms with E-state index in [4.69, 9.17) is 14.6 Å². The van der Waals surface area contributed by atoms with Gasteiger partial charge in [0, 0.05) is 17.5 Å². The van der Waals surface area contributed by atoms with Crippen LogP contribution in [0.2, 0.25) is 0 Å². The SMILES string of the molecule is COc1cccc2c1O[C@@H](c1ccccc1F)N1N=C(c3ccccc3O)C[C@H]21. The van der Waals surface area contributed by atoms with Crippen LogP contribution in [-0.2, 0) is 0 Å². The highest BCUT2D eigenvalue weighted by Gasteiger charge is 2.43. The summed E-state index contributed by atoms with van der Waals surface area (Å²) in [7, 11) is 1.59. The zero-order valence-electron chi connectivity index (χ0n) is 15.7. The second-order valence-electron chi connectivity index (χ2n) is 7.03. The van der Waals surface area contributed by atoms with Gasteiger partial charge in [0.1, 0.15) is 11.6 Å². The minimum absolute atomic E-state index is 0.159. The van der Waals surface area contributed by atoms with Gasteiger partial charge >= 0.3 is 0 Å². The van der Waals surface area contributed by atoms with Crippen molar-refractivity contribution in [2.24, 2.45) is 5.10 Å². The summed E-state index contributed by atoms with van der Waals surface area (Å²) >= 11 is 0. The van der Waals surface area contributed by atoms with Crippen LogP contribution >= 0.6 is 0 Å².